The quantitative estimate of drug-likeness (QED) is 0.453. The molecule has 8 nitrogen and oxygen atoms in total. The number of aromatic nitrogens is 2. The number of rotatable bonds is 6. The monoisotopic (exact) mass is 519 g/mol. The van der Waals surface area contributed by atoms with Crippen molar-refractivity contribution in [2.45, 2.75) is 46.2 Å². The van der Waals surface area contributed by atoms with Crippen LogP contribution < -0.4 is 4.90 Å². The van der Waals surface area contributed by atoms with Crippen molar-refractivity contribution >= 4 is 34.7 Å². The Morgan fingerprint density at radius 2 is 1.97 bits per heavy atom. The summed E-state index contributed by atoms with van der Waals surface area (Å²) in [6.45, 7) is 7.60. The molecule has 194 valence electrons. The number of carbonyl (C=O) groups excluding carboxylic acids is 3. The highest BCUT2D eigenvalue weighted by molar-refractivity contribution is 7.09. The topological polar surface area (TPSA) is 78.8 Å². The second kappa shape index (κ2) is 9.78. The number of nitrogens with zero attached hydrogens (tertiary/aromatic N) is 5. The first-order valence-electron chi connectivity index (χ1n) is 12.7. The van der Waals surface area contributed by atoms with Gasteiger partial charge in [0.1, 0.15) is 0 Å². The second-order valence-corrected chi connectivity index (χ2v) is 11.1. The number of fused-ring (bicyclic) bond motifs is 1. The maximum Gasteiger partial charge on any atom is 0.264 e. The van der Waals surface area contributed by atoms with Crippen LogP contribution in [-0.2, 0) is 18.4 Å². The van der Waals surface area contributed by atoms with Crippen LogP contribution in [0.2, 0.25) is 0 Å². The Balaban J connectivity index is 1.36. The van der Waals surface area contributed by atoms with Crippen LogP contribution in [0.1, 0.15) is 68.4 Å². The number of thiophene rings is 1. The summed E-state index contributed by atoms with van der Waals surface area (Å²) in [7, 11) is 3.79. The lowest BCUT2D eigenvalue weighted by Gasteiger charge is -2.37. The van der Waals surface area contributed by atoms with Gasteiger partial charge in [-0.15, -0.1) is 11.3 Å². The molecular formula is C28H33N5O3S. The van der Waals surface area contributed by atoms with Gasteiger partial charge in [-0.2, -0.15) is 5.10 Å². The molecule has 0 unspecified atom stereocenters. The summed E-state index contributed by atoms with van der Waals surface area (Å²) in [6.07, 6.45) is 1.64. The van der Waals surface area contributed by atoms with Crippen molar-refractivity contribution in [2.75, 3.05) is 25.0 Å². The van der Waals surface area contributed by atoms with E-state index in [1.807, 2.05) is 74.1 Å². The zero-order valence-corrected chi connectivity index (χ0v) is 22.8. The molecule has 2 atom stereocenters. The number of piperidine rings is 1. The molecule has 0 radical (unpaired) electrons. The van der Waals surface area contributed by atoms with E-state index in [0.29, 0.717) is 17.7 Å². The minimum absolute atomic E-state index is 0.0918. The molecule has 37 heavy (non-hydrogen) atoms. The van der Waals surface area contributed by atoms with E-state index in [1.54, 1.807) is 6.07 Å². The molecule has 0 bridgehead atoms. The Morgan fingerprint density at radius 1 is 1.19 bits per heavy atom. The third kappa shape index (κ3) is 4.35. The van der Waals surface area contributed by atoms with E-state index < -0.39 is 0 Å². The Labute approximate surface area is 221 Å². The van der Waals surface area contributed by atoms with Crippen LogP contribution in [0.5, 0.6) is 0 Å². The molecule has 1 aromatic carbocycles. The highest BCUT2D eigenvalue weighted by atomic mass is 32.1. The van der Waals surface area contributed by atoms with Crippen LogP contribution in [-0.4, -0.2) is 57.4 Å². The average Bonchev–Trinajstić information content (AvgIpc) is 3.57. The van der Waals surface area contributed by atoms with Gasteiger partial charge in [-0.25, -0.2) is 0 Å². The van der Waals surface area contributed by atoms with Crippen molar-refractivity contribution in [3.8, 4) is 0 Å². The first kappa shape index (κ1) is 25.2. The van der Waals surface area contributed by atoms with Crippen molar-refractivity contribution < 1.29 is 14.4 Å². The van der Waals surface area contributed by atoms with Gasteiger partial charge in [-0.3, -0.25) is 24.0 Å². The number of benzene rings is 1. The molecule has 3 aromatic rings. The molecule has 1 fully saturated rings. The average molecular weight is 520 g/mol. The summed E-state index contributed by atoms with van der Waals surface area (Å²) < 4.78 is 1.86. The molecule has 2 aliphatic rings. The van der Waals surface area contributed by atoms with Gasteiger partial charge in [0.25, 0.3) is 11.8 Å². The summed E-state index contributed by atoms with van der Waals surface area (Å²) >= 11 is 1.53. The third-order valence-corrected chi connectivity index (χ3v) is 8.75. The number of aryl methyl sites for hydroxylation is 2. The maximum absolute atomic E-state index is 13.6. The lowest BCUT2D eigenvalue weighted by molar-refractivity contribution is -0.136. The fourth-order valence-electron chi connectivity index (χ4n) is 5.75. The normalized spacial score (nSPS) is 18.4. The first-order valence-corrected chi connectivity index (χ1v) is 13.6. The fourth-order valence-corrected chi connectivity index (χ4v) is 6.44. The Hall–Kier alpha value is -3.46. The predicted molar refractivity (Wildman–Crippen MR) is 144 cm³/mol. The summed E-state index contributed by atoms with van der Waals surface area (Å²) in [5.74, 6) is -0.612. The standard InChI is InChI=1S/C28H33N5O3S/c1-17-24(19(3)31(5)29-17)18(2)30(4)26(34)20-9-7-13-32(15-20)23-12-6-11-22-25(23)28(36)33(27(22)35)16-21-10-8-14-37-21/h6,8,10-12,14,18,20H,7,9,13,15-16H2,1-5H3/t18-,20-/m1/s1. The first-order chi connectivity index (χ1) is 17.7. The molecule has 2 aliphatic heterocycles. The van der Waals surface area contributed by atoms with Crippen LogP contribution in [0.4, 0.5) is 5.69 Å². The van der Waals surface area contributed by atoms with E-state index in [4.69, 9.17) is 0 Å². The molecule has 0 spiro atoms. The minimum Gasteiger partial charge on any atom is -0.370 e. The van der Waals surface area contributed by atoms with Gasteiger partial charge in [-0.05, 0) is 57.2 Å². The lowest BCUT2D eigenvalue weighted by Crippen LogP contribution is -2.45. The van der Waals surface area contributed by atoms with Gasteiger partial charge in [0.2, 0.25) is 5.91 Å². The molecular weight excluding hydrogens is 486 g/mol. The molecule has 0 aliphatic carbocycles. The SMILES string of the molecule is Cc1nn(C)c(C)c1[C@@H](C)N(C)C(=O)[C@@H]1CCCN(c2cccc3c2C(=O)N(Cc2cccs2)C3=O)C1. The minimum atomic E-state index is -0.259. The van der Waals surface area contributed by atoms with Gasteiger partial charge in [0.05, 0.1) is 41.0 Å². The largest absolute Gasteiger partial charge is 0.370 e. The fraction of sp³-hybridized carbons (Fsp3) is 0.429. The Kier molecular flexibility index (Phi) is 6.66. The molecule has 1 saturated heterocycles. The Bertz CT molecular complexity index is 1360. The maximum atomic E-state index is 13.6. The van der Waals surface area contributed by atoms with Gasteiger partial charge in [0.15, 0.2) is 0 Å². The molecule has 3 amide bonds. The number of carbonyl (C=O) groups is 3. The summed E-state index contributed by atoms with van der Waals surface area (Å²) in [4.78, 5) is 46.4. The third-order valence-electron chi connectivity index (χ3n) is 7.89. The molecule has 5 rings (SSSR count). The number of imide groups is 1. The van der Waals surface area contributed by atoms with Crippen LogP contribution in [0.25, 0.3) is 0 Å². The van der Waals surface area contributed by atoms with E-state index in [2.05, 4.69) is 10.00 Å². The number of hydrogen-bond acceptors (Lipinski definition) is 6. The van der Waals surface area contributed by atoms with Crippen LogP contribution >= 0.6 is 11.3 Å². The van der Waals surface area contributed by atoms with Crippen molar-refractivity contribution in [1.29, 1.82) is 0 Å². The smallest absolute Gasteiger partial charge is 0.264 e. The summed E-state index contributed by atoms with van der Waals surface area (Å²) in [6, 6.07) is 9.23. The lowest BCUT2D eigenvalue weighted by atomic mass is 9.94. The van der Waals surface area contributed by atoms with Gasteiger partial charge in [-0.1, -0.05) is 12.1 Å². The van der Waals surface area contributed by atoms with Gasteiger partial charge < -0.3 is 9.80 Å². The van der Waals surface area contributed by atoms with E-state index in [-0.39, 0.29) is 36.2 Å². The van der Waals surface area contributed by atoms with E-state index in [1.165, 1.54) is 16.2 Å². The molecule has 4 heterocycles. The summed E-state index contributed by atoms with van der Waals surface area (Å²) in [5.41, 5.74) is 4.73. The van der Waals surface area contributed by atoms with Gasteiger partial charge >= 0.3 is 0 Å². The summed E-state index contributed by atoms with van der Waals surface area (Å²) in [5, 5.41) is 6.46. The highest BCUT2D eigenvalue weighted by Gasteiger charge is 2.40. The van der Waals surface area contributed by atoms with Crippen molar-refractivity contribution in [3.63, 3.8) is 0 Å². The number of anilines is 1. The molecule has 0 N–H and O–H groups in total. The van der Waals surface area contributed by atoms with E-state index in [9.17, 15) is 14.4 Å². The molecule has 2 aromatic heterocycles. The predicted octanol–water partition coefficient (Wildman–Crippen LogP) is 4.33. The Morgan fingerprint density at radius 3 is 2.65 bits per heavy atom. The van der Waals surface area contributed by atoms with Crippen LogP contribution in [0, 0.1) is 19.8 Å². The zero-order chi connectivity index (χ0) is 26.4. The highest BCUT2D eigenvalue weighted by Crippen LogP contribution is 2.36. The van der Waals surface area contributed by atoms with Crippen molar-refractivity contribution in [1.82, 2.24) is 19.6 Å². The molecule has 0 saturated carbocycles. The molecule has 9 heteroatoms. The van der Waals surface area contributed by atoms with Crippen LogP contribution in [0.15, 0.2) is 35.7 Å². The number of amides is 3. The van der Waals surface area contributed by atoms with E-state index in [0.717, 1.165) is 46.9 Å². The van der Waals surface area contributed by atoms with Crippen molar-refractivity contribution in [3.05, 3.63) is 68.7 Å². The second-order valence-electron chi connectivity index (χ2n) is 10.1. The van der Waals surface area contributed by atoms with Crippen molar-refractivity contribution in [2.24, 2.45) is 13.0 Å². The van der Waals surface area contributed by atoms with Gasteiger partial charge in [0, 0.05) is 43.3 Å². The number of hydrogen-bond donors (Lipinski definition) is 0. The van der Waals surface area contributed by atoms with Crippen LogP contribution in [0.3, 0.4) is 0 Å². The zero-order valence-electron chi connectivity index (χ0n) is 22.0. The van der Waals surface area contributed by atoms with E-state index >= 15 is 0 Å².